The molecule has 2 N–H and O–H groups in total. The highest BCUT2D eigenvalue weighted by molar-refractivity contribution is 5.97. The highest BCUT2D eigenvalue weighted by atomic mass is 16.6. The average Bonchev–Trinajstić information content (AvgIpc) is 2.39. The molecule has 0 fully saturated rings. The molecule has 0 aromatic heterocycles. The van der Waals surface area contributed by atoms with Gasteiger partial charge in [0.1, 0.15) is 5.75 Å². The van der Waals surface area contributed by atoms with Crippen molar-refractivity contribution in [3.63, 3.8) is 0 Å². The fourth-order valence-corrected chi connectivity index (χ4v) is 1.35. The zero-order chi connectivity index (χ0) is 13.5. The van der Waals surface area contributed by atoms with Gasteiger partial charge in [-0.2, -0.15) is 0 Å². The number of Topliss-reactive ketones (excluding diaryl/α,β-unsaturated/α-hetero) is 1. The Labute approximate surface area is 106 Å². The molecule has 0 heterocycles. The van der Waals surface area contributed by atoms with Gasteiger partial charge in [0, 0.05) is 5.56 Å². The molecule has 1 rings (SSSR count). The Morgan fingerprint density at radius 2 is 1.89 bits per heavy atom. The van der Waals surface area contributed by atoms with Gasteiger partial charge in [0.25, 0.3) is 0 Å². The van der Waals surface area contributed by atoms with Crippen molar-refractivity contribution in [1.82, 2.24) is 0 Å². The maximum atomic E-state index is 11.4. The summed E-state index contributed by atoms with van der Waals surface area (Å²) in [6.07, 6.45) is -0.680. The SMILES string of the molecule is CCOC(=O)C(C)Oc1ccc(C(=O)CN)cc1. The predicted octanol–water partition coefficient (Wildman–Crippen LogP) is 1.16. The van der Waals surface area contributed by atoms with Crippen molar-refractivity contribution in [2.24, 2.45) is 5.73 Å². The molecule has 0 bridgehead atoms. The van der Waals surface area contributed by atoms with Crippen molar-refractivity contribution in [3.05, 3.63) is 29.8 Å². The van der Waals surface area contributed by atoms with Gasteiger partial charge in [0.15, 0.2) is 11.9 Å². The molecule has 0 aliphatic carbocycles. The molecule has 0 aliphatic heterocycles. The van der Waals surface area contributed by atoms with Crippen molar-refractivity contribution >= 4 is 11.8 Å². The third-order valence-corrected chi connectivity index (χ3v) is 2.29. The van der Waals surface area contributed by atoms with Crippen LogP contribution in [-0.2, 0) is 9.53 Å². The number of ether oxygens (including phenoxy) is 2. The molecular formula is C13H17NO4. The van der Waals surface area contributed by atoms with Crippen LogP contribution in [0.25, 0.3) is 0 Å². The van der Waals surface area contributed by atoms with Gasteiger partial charge in [0.2, 0.25) is 0 Å². The summed E-state index contributed by atoms with van der Waals surface area (Å²) in [6, 6.07) is 6.47. The van der Waals surface area contributed by atoms with Crippen molar-refractivity contribution in [2.45, 2.75) is 20.0 Å². The largest absolute Gasteiger partial charge is 0.479 e. The Morgan fingerprint density at radius 3 is 2.39 bits per heavy atom. The molecule has 0 amide bonds. The number of esters is 1. The standard InChI is InChI=1S/C13H17NO4/c1-3-17-13(16)9(2)18-11-6-4-10(5-7-11)12(15)8-14/h4-7,9H,3,8,14H2,1-2H3. The number of benzene rings is 1. The third-order valence-electron chi connectivity index (χ3n) is 2.29. The van der Waals surface area contributed by atoms with Crippen molar-refractivity contribution in [3.8, 4) is 5.75 Å². The summed E-state index contributed by atoms with van der Waals surface area (Å²) < 4.78 is 10.2. The van der Waals surface area contributed by atoms with E-state index in [9.17, 15) is 9.59 Å². The second-order valence-electron chi connectivity index (χ2n) is 3.66. The van der Waals surface area contributed by atoms with Gasteiger partial charge >= 0.3 is 5.97 Å². The summed E-state index contributed by atoms with van der Waals surface area (Å²) in [5.74, 6) is -0.0521. The minimum atomic E-state index is -0.680. The molecule has 1 aromatic rings. The lowest BCUT2D eigenvalue weighted by atomic mass is 10.1. The van der Waals surface area contributed by atoms with Crippen LogP contribution >= 0.6 is 0 Å². The molecular weight excluding hydrogens is 234 g/mol. The molecule has 0 saturated carbocycles. The molecule has 0 aliphatic rings. The van der Waals surface area contributed by atoms with E-state index in [-0.39, 0.29) is 12.3 Å². The second kappa shape index (κ2) is 6.76. The zero-order valence-electron chi connectivity index (χ0n) is 10.5. The third kappa shape index (κ3) is 3.85. The van der Waals surface area contributed by atoms with E-state index < -0.39 is 12.1 Å². The topological polar surface area (TPSA) is 78.6 Å². The number of nitrogens with two attached hydrogens (primary N) is 1. The summed E-state index contributed by atoms with van der Waals surface area (Å²) in [6.45, 7) is 3.63. The van der Waals surface area contributed by atoms with Crippen LogP contribution in [0.5, 0.6) is 5.75 Å². The highest BCUT2D eigenvalue weighted by Gasteiger charge is 2.15. The van der Waals surface area contributed by atoms with Crippen LogP contribution in [0, 0.1) is 0 Å². The van der Waals surface area contributed by atoms with Crippen LogP contribution in [0.1, 0.15) is 24.2 Å². The van der Waals surface area contributed by atoms with Crippen molar-refractivity contribution in [1.29, 1.82) is 0 Å². The van der Waals surface area contributed by atoms with Crippen molar-refractivity contribution < 1.29 is 19.1 Å². The Hall–Kier alpha value is -1.88. The molecule has 1 aromatic carbocycles. The lowest BCUT2D eigenvalue weighted by molar-refractivity contribution is -0.150. The maximum absolute atomic E-state index is 11.4. The fraction of sp³-hybridized carbons (Fsp3) is 0.385. The number of hydrogen-bond donors (Lipinski definition) is 1. The number of carbonyl (C=O) groups is 2. The highest BCUT2D eigenvalue weighted by Crippen LogP contribution is 2.14. The Balaban J connectivity index is 2.63. The van der Waals surface area contributed by atoms with Gasteiger partial charge in [0.05, 0.1) is 13.2 Å². The van der Waals surface area contributed by atoms with Crippen LogP contribution in [-0.4, -0.2) is 31.0 Å². The Bertz CT molecular complexity index is 414. The van der Waals surface area contributed by atoms with E-state index in [2.05, 4.69) is 0 Å². The van der Waals surface area contributed by atoms with Crippen LogP contribution in [0.2, 0.25) is 0 Å². The van der Waals surface area contributed by atoms with Gasteiger partial charge in [-0.1, -0.05) is 0 Å². The van der Waals surface area contributed by atoms with Crippen LogP contribution in [0.3, 0.4) is 0 Å². The normalized spacial score (nSPS) is 11.7. The van der Waals surface area contributed by atoms with E-state index in [4.69, 9.17) is 15.2 Å². The molecule has 0 spiro atoms. The number of rotatable bonds is 6. The lowest BCUT2D eigenvalue weighted by Crippen LogP contribution is -2.26. The molecule has 98 valence electrons. The average molecular weight is 251 g/mol. The Morgan fingerprint density at radius 1 is 1.28 bits per heavy atom. The van der Waals surface area contributed by atoms with Gasteiger partial charge in [-0.15, -0.1) is 0 Å². The van der Waals surface area contributed by atoms with E-state index in [1.165, 1.54) is 0 Å². The molecule has 1 atom stereocenters. The van der Waals surface area contributed by atoms with E-state index in [1.807, 2.05) is 0 Å². The minimum Gasteiger partial charge on any atom is -0.479 e. The first-order valence-corrected chi connectivity index (χ1v) is 5.75. The number of hydrogen-bond acceptors (Lipinski definition) is 5. The van der Waals surface area contributed by atoms with E-state index in [0.29, 0.717) is 17.9 Å². The van der Waals surface area contributed by atoms with Gasteiger partial charge in [-0.3, -0.25) is 4.79 Å². The first-order valence-electron chi connectivity index (χ1n) is 5.75. The predicted molar refractivity (Wildman–Crippen MR) is 66.5 cm³/mol. The summed E-state index contributed by atoms with van der Waals surface area (Å²) in [4.78, 5) is 22.7. The van der Waals surface area contributed by atoms with E-state index in [0.717, 1.165) is 0 Å². The zero-order valence-corrected chi connectivity index (χ0v) is 10.5. The van der Waals surface area contributed by atoms with E-state index in [1.54, 1.807) is 38.1 Å². The lowest BCUT2D eigenvalue weighted by Gasteiger charge is -2.13. The Kier molecular flexibility index (Phi) is 5.32. The number of ketones is 1. The summed E-state index contributed by atoms with van der Waals surface area (Å²) in [5, 5.41) is 0. The van der Waals surface area contributed by atoms with Gasteiger partial charge in [-0.25, -0.2) is 4.79 Å². The van der Waals surface area contributed by atoms with Crippen LogP contribution < -0.4 is 10.5 Å². The smallest absolute Gasteiger partial charge is 0.347 e. The first-order chi connectivity index (χ1) is 8.58. The molecule has 0 radical (unpaired) electrons. The van der Waals surface area contributed by atoms with Gasteiger partial charge < -0.3 is 15.2 Å². The molecule has 18 heavy (non-hydrogen) atoms. The minimum absolute atomic E-state index is 0.0283. The monoisotopic (exact) mass is 251 g/mol. The second-order valence-corrected chi connectivity index (χ2v) is 3.66. The molecule has 5 heteroatoms. The molecule has 5 nitrogen and oxygen atoms in total. The quantitative estimate of drug-likeness (QED) is 0.606. The molecule has 1 unspecified atom stereocenters. The van der Waals surface area contributed by atoms with Gasteiger partial charge in [-0.05, 0) is 38.1 Å². The van der Waals surface area contributed by atoms with E-state index >= 15 is 0 Å². The number of carbonyl (C=O) groups excluding carboxylic acids is 2. The summed E-state index contributed by atoms with van der Waals surface area (Å²) in [5.41, 5.74) is 5.78. The van der Waals surface area contributed by atoms with Crippen molar-refractivity contribution in [2.75, 3.05) is 13.2 Å². The fourth-order valence-electron chi connectivity index (χ4n) is 1.35. The molecule has 0 saturated heterocycles. The van der Waals surface area contributed by atoms with Crippen LogP contribution in [0.4, 0.5) is 0 Å². The summed E-state index contributed by atoms with van der Waals surface area (Å²) >= 11 is 0. The van der Waals surface area contributed by atoms with Crippen LogP contribution in [0.15, 0.2) is 24.3 Å². The summed E-state index contributed by atoms with van der Waals surface area (Å²) in [7, 11) is 0. The first kappa shape index (κ1) is 14.2. The maximum Gasteiger partial charge on any atom is 0.347 e.